The van der Waals surface area contributed by atoms with Crippen LogP contribution in [0.2, 0.25) is 0 Å². The quantitative estimate of drug-likeness (QED) is 0.527. The summed E-state index contributed by atoms with van der Waals surface area (Å²) in [6, 6.07) is 10.5. The van der Waals surface area contributed by atoms with E-state index in [4.69, 9.17) is 4.74 Å². The van der Waals surface area contributed by atoms with Crippen molar-refractivity contribution in [3.8, 4) is 0 Å². The van der Waals surface area contributed by atoms with Crippen LogP contribution in [0.15, 0.2) is 42.5 Å². The molecule has 1 aliphatic rings. The molecule has 0 aromatic heterocycles. The van der Waals surface area contributed by atoms with Gasteiger partial charge in [-0.1, -0.05) is 13.0 Å². The highest BCUT2D eigenvalue weighted by Crippen LogP contribution is 2.29. The number of hydrogen-bond acceptors (Lipinski definition) is 4. The summed E-state index contributed by atoms with van der Waals surface area (Å²) < 4.78 is 18.4. The molecule has 172 valence electrons. The number of urea groups is 1. The fourth-order valence-electron chi connectivity index (χ4n) is 3.69. The van der Waals surface area contributed by atoms with Gasteiger partial charge in [-0.3, -0.25) is 4.79 Å². The molecular formula is C24H31FN4O3. The van der Waals surface area contributed by atoms with Crippen LogP contribution in [0.1, 0.15) is 36.5 Å². The molecule has 0 unspecified atom stereocenters. The minimum absolute atomic E-state index is 0.191. The molecule has 3 N–H and O–H groups in total. The summed E-state index contributed by atoms with van der Waals surface area (Å²) in [4.78, 5) is 27.5. The predicted molar refractivity (Wildman–Crippen MR) is 125 cm³/mol. The Kier molecular flexibility index (Phi) is 8.44. The van der Waals surface area contributed by atoms with Crippen molar-refractivity contribution in [1.82, 2.24) is 5.32 Å². The number of amides is 3. The van der Waals surface area contributed by atoms with E-state index < -0.39 is 11.8 Å². The molecule has 1 fully saturated rings. The van der Waals surface area contributed by atoms with Crippen molar-refractivity contribution < 1.29 is 18.7 Å². The van der Waals surface area contributed by atoms with Crippen molar-refractivity contribution in [1.29, 1.82) is 0 Å². The topological polar surface area (TPSA) is 82.7 Å². The molecule has 3 amide bonds. The fraction of sp³-hybridized carbons (Fsp3) is 0.417. The van der Waals surface area contributed by atoms with Gasteiger partial charge in [0.15, 0.2) is 0 Å². The number of carbonyl (C=O) groups excluding carboxylic acids is 2. The SMILES string of the molecule is COCCCNC(=O)c1cc(NC(=O)Nc2cccc(F)c2)ccc1N1CCC(C)CC1. The molecule has 1 heterocycles. The summed E-state index contributed by atoms with van der Waals surface area (Å²) in [5.74, 6) is 0.0457. The third-order valence-electron chi connectivity index (χ3n) is 5.52. The number of ether oxygens (including phenoxy) is 1. The number of anilines is 3. The molecule has 32 heavy (non-hydrogen) atoms. The lowest BCUT2D eigenvalue weighted by Crippen LogP contribution is -2.35. The molecule has 0 bridgehead atoms. The van der Waals surface area contributed by atoms with Gasteiger partial charge in [0, 0.05) is 50.4 Å². The van der Waals surface area contributed by atoms with Gasteiger partial charge in [-0.25, -0.2) is 9.18 Å². The Morgan fingerprint density at radius 2 is 1.81 bits per heavy atom. The molecule has 1 saturated heterocycles. The van der Waals surface area contributed by atoms with Gasteiger partial charge in [-0.05, 0) is 61.6 Å². The zero-order valence-electron chi connectivity index (χ0n) is 18.6. The van der Waals surface area contributed by atoms with Crippen molar-refractivity contribution in [3.05, 3.63) is 53.8 Å². The van der Waals surface area contributed by atoms with Crippen LogP contribution in [0, 0.1) is 11.7 Å². The lowest BCUT2D eigenvalue weighted by atomic mass is 9.98. The molecule has 0 aliphatic carbocycles. The minimum atomic E-state index is -0.512. The number of halogens is 1. The number of rotatable bonds is 8. The summed E-state index contributed by atoms with van der Waals surface area (Å²) >= 11 is 0. The number of carbonyl (C=O) groups is 2. The smallest absolute Gasteiger partial charge is 0.323 e. The van der Waals surface area contributed by atoms with Crippen LogP contribution in [0.5, 0.6) is 0 Å². The Bertz CT molecular complexity index is 929. The van der Waals surface area contributed by atoms with E-state index >= 15 is 0 Å². The van der Waals surface area contributed by atoms with E-state index in [-0.39, 0.29) is 5.91 Å². The number of piperidine rings is 1. The van der Waals surface area contributed by atoms with E-state index in [2.05, 4.69) is 27.8 Å². The van der Waals surface area contributed by atoms with Gasteiger partial charge in [0.05, 0.1) is 5.56 Å². The van der Waals surface area contributed by atoms with Gasteiger partial charge in [0.25, 0.3) is 5.91 Å². The summed E-state index contributed by atoms with van der Waals surface area (Å²) in [7, 11) is 1.63. The summed E-state index contributed by atoms with van der Waals surface area (Å²) in [6.45, 7) is 5.08. The zero-order chi connectivity index (χ0) is 22.9. The molecule has 2 aromatic carbocycles. The first-order valence-corrected chi connectivity index (χ1v) is 11.0. The van der Waals surface area contributed by atoms with Crippen molar-refractivity contribution in [3.63, 3.8) is 0 Å². The predicted octanol–water partition coefficient (Wildman–Crippen LogP) is 4.47. The first kappa shape index (κ1) is 23.5. The van der Waals surface area contributed by atoms with Gasteiger partial charge < -0.3 is 25.6 Å². The van der Waals surface area contributed by atoms with Crippen LogP contribution < -0.4 is 20.9 Å². The summed E-state index contributed by atoms with van der Waals surface area (Å²) in [6.07, 6.45) is 2.86. The number of nitrogens with zero attached hydrogens (tertiary/aromatic N) is 1. The highest BCUT2D eigenvalue weighted by atomic mass is 19.1. The second-order valence-corrected chi connectivity index (χ2v) is 8.09. The van der Waals surface area contributed by atoms with Crippen molar-refractivity contribution in [2.45, 2.75) is 26.2 Å². The summed E-state index contributed by atoms with van der Waals surface area (Å²) in [5, 5.41) is 8.26. The molecule has 0 saturated carbocycles. The third-order valence-corrected chi connectivity index (χ3v) is 5.52. The number of methoxy groups -OCH3 is 1. The lowest BCUT2D eigenvalue weighted by Gasteiger charge is -2.33. The van der Waals surface area contributed by atoms with E-state index in [0.29, 0.717) is 42.4 Å². The first-order valence-electron chi connectivity index (χ1n) is 11.0. The number of nitrogens with one attached hydrogen (secondary N) is 3. The highest BCUT2D eigenvalue weighted by Gasteiger charge is 2.22. The van der Waals surface area contributed by atoms with Crippen LogP contribution in [0.25, 0.3) is 0 Å². The van der Waals surface area contributed by atoms with Gasteiger partial charge in [0.2, 0.25) is 0 Å². The lowest BCUT2D eigenvalue weighted by molar-refractivity contribution is 0.0949. The maximum absolute atomic E-state index is 13.4. The molecule has 0 atom stereocenters. The van der Waals surface area contributed by atoms with E-state index in [1.807, 2.05) is 6.07 Å². The van der Waals surface area contributed by atoms with Gasteiger partial charge in [-0.15, -0.1) is 0 Å². The Balaban J connectivity index is 1.75. The second kappa shape index (κ2) is 11.5. The fourth-order valence-corrected chi connectivity index (χ4v) is 3.69. The molecular weight excluding hydrogens is 411 g/mol. The Hall–Kier alpha value is -3.13. The van der Waals surface area contributed by atoms with E-state index in [0.717, 1.165) is 31.6 Å². The van der Waals surface area contributed by atoms with E-state index in [1.54, 1.807) is 25.3 Å². The second-order valence-electron chi connectivity index (χ2n) is 8.09. The Morgan fingerprint density at radius 3 is 2.50 bits per heavy atom. The van der Waals surface area contributed by atoms with Crippen LogP contribution in [-0.2, 0) is 4.74 Å². The number of benzene rings is 2. The zero-order valence-corrected chi connectivity index (χ0v) is 18.6. The average molecular weight is 443 g/mol. The molecule has 2 aromatic rings. The normalized spacial score (nSPS) is 14.2. The van der Waals surface area contributed by atoms with E-state index in [9.17, 15) is 14.0 Å². The van der Waals surface area contributed by atoms with Crippen molar-refractivity contribution in [2.75, 3.05) is 48.9 Å². The van der Waals surface area contributed by atoms with Crippen LogP contribution in [0.3, 0.4) is 0 Å². The van der Waals surface area contributed by atoms with Gasteiger partial charge in [0.1, 0.15) is 5.82 Å². The standard InChI is InChI=1S/C24H31FN4O3/c1-17-9-12-29(13-10-17)22-8-7-20(16-21(22)23(30)26-11-4-14-32-2)28-24(31)27-19-6-3-5-18(25)15-19/h3,5-8,15-17H,4,9-14H2,1-2H3,(H,26,30)(H2,27,28,31). The Morgan fingerprint density at radius 1 is 1.09 bits per heavy atom. The van der Waals surface area contributed by atoms with Crippen LogP contribution in [0.4, 0.5) is 26.2 Å². The minimum Gasteiger partial charge on any atom is -0.385 e. The average Bonchev–Trinajstić information content (AvgIpc) is 2.77. The van der Waals surface area contributed by atoms with Gasteiger partial charge in [-0.2, -0.15) is 0 Å². The van der Waals surface area contributed by atoms with Crippen molar-refractivity contribution >= 4 is 29.0 Å². The molecule has 1 aliphatic heterocycles. The first-order chi connectivity index (χ1) is 15.5. The van der Waals surface area contributed by atoms with Crippen LogP contribution >= 0.6 is 0 Å². The van der Waals surface area contributed by atoms with Gasteiger partial charge >= 0.3 is 6.03 Å². The van der Waals surface area contributed by atoms with Crippen molar-refractivity contribution in [2.24, 2.45) is 5.92 Å². The summed E-state index contributed by atoms with van der Waals surface area (Å²) in [5.41, 5.74) is 2.20. The molecule has 0 spiro atoms. The largest absolute Gasteiger partial charge is 0.385 e. The third kappa shape index (κ3) is 6.68. The monoisotopic (exact) mass is 442 g/mol. The number of hydrogen-bond donors (Lipinski definition) is 3. The maximum atomic E-state index is 13.4. The van der Waals surface area contributed by atoms with Crippen LogP contribution in [-0.4, -0.2) is 45.3 Å². The van der Waals surface area contributed by atoms with E-state index in [1.165, 1.54) is 18.2 Å². The Labute approximate surface area is 188 Å². The highest BCUT2D eigenvalue weighted by molar-refractivity contribution is 6.04. The molecule has 0 radical (unpaired) electrons. The molecule has 8 heteroatoms. The maximum Gasteiger partial charge on any atom is 0.323 e. The molecule has 7 nitrogen and oxygen atoms in total. The molecule has 3 rings (SSSR count).